The van der Waals surface area contributed by atoms with Crippen molar-refractivity contribution in [3.8, 4) is 6.07 Å². The number of pyridine rings is 1. The van der Waals surface area contributed by atoms with Crippen LogP contribution in [0.25, 0.3) is 5.70 Å². The standard InChI is InChI=1S/C29H36N6O/c1-19-10-11-23(34-21(3)22-12-13-33-27(15-22)29(4,5)18-30)16-24(19)25(31)17-26(28(36)32-6)35-14-8-7-9-20(35)2/h10-13,15-17,20,31,34H,3,7-9,14H2,1-2,4-6H3,(H,32,36)/b26-17+,31-25?. The van der Waals surface area contributed by atoms with E-state index in [9.17, 15) is 10.1 Å². The number of piperidine rings is 1. The van der Waals surface area contributed by atoms with Crippen molar-refractivity contribution in [2.24, 2.45) is 0 Å². The van der Waals surface area contributed by atoms with E-state index in [4.69, 9.17) is 5.41 Å². The van der Waals surface area contributed by atoms with Gasteiger partial charge < -0.3 is 20.9 Å². The Kier molecular flexibility index (Phi) is 8.31. The molecule has 7 heteroatoms. The molecule has 0 spiro atoms. The van der Waals surface area contributed by atoms with E-state index in [0.29, 0.717) is 17.1 Å². The molecule has 188 valence electrons. The number of benzene rings is 1. The SMILES string of the molecule is C=C(Nc1ccc(C)c(C(=N)/C=C(\C(=O)NC)N2CCCCC2C)c1)c1ccnc(C(C)(C)C#N)c1. The summed E-state index contributed by atoms with van der Waals surface area (Å²) >= 11 is 0. The minimum Gasteiger partial charge on any atom is -0.364 e. The third-order valence-corrected chi connectivity index (χ3v) is 6.70. The highest BCUT2D eigenvalue weighted by atomic mass is 16.2. The van der Waals surface area contributed by atoms with E-state index < -0.39 is 5.41 Å². The van der Waals surface area contributed by atoms with Gasteiger partial charge in [0.1, 0.15) is 5.70 Å². The molecular weight excluding hydrogens is 448 g/mol. The smallest absolute Gasteiger partial charge is 0.267 e. The molecule has 1 aliphatic rings. The number of amides is 1. The van der Waals surface area contributed by atoms with E-state index in [1.165, 1.54) is 0 Å². The highest BCUT2D eigenvalue weighted by Crippen LogP contribution is 2.26. The van der Waals surface area contributed by atoms with Crippen molar-refractivity contribution < 1.29 is 4.79 Å². The lowest BCUT2D eigenvalue weighted by Crippen LogP contribution is -2.42. The maximum Gasteiger partial charge on any atom is 0.267 e. The molecule has 1 saturated heterocycles. The van der Waals surface area contributed by atoms with Gasteiger partial charge in [-0.25, -0.2) is 0 Å². The summed E-state index contributed by atoms with van der Waals surface area (Å²) in [6, 6.07) is 12.0. The first kappa shape index (κ1) is 26.7. The second-order valence-electron chi connectivity index (χ2n) is 9.86. The number of nitrogens with zero attached hydrogens (tertiary/aromatic N) is 3. The van der Waals surface area contributed by atoms with Crippen molar-refractivity contribution in [1.82, 2.24) is 15.2 Å². The van der Waals surface area contributed by atoms with Crippen molar-refractivity contribution in [2.75, 3.05) is 18.9 Å². The fourth-order valence-electron chi connectivity index (χ4n) is 4.33. The Bertz CT molecular complexity index is 1240. The molecule has 0 saturated carbocycles. The van der Waals surface area contributed by atoms with Crippen molar-refractivity contribution >= 4 is 23.0 Å². The molecule has 0 bridgehead atoms. The normalized spacial score (nSPS) is 16.2. The lowest BCUT2D eigenvalue weighted by molar-refractivity contribution is -0.119. The summed E-state index contributed by atoms with van der Waals surface area (Å²) in [5.41, 5.74) is 4.74. The van der Waals surface area contributed by atoms with Crippen LogP contribution in [0.15, 0.2) is 54.9 Å². The molecule has 1 aromatic heterocycles. The molecule has 1 atom stereocenters. The van der Waals surface area contributed by atoms with E-state index in [-0.39, 0.29) is 17.7 Å². The number of hydrogen-bond acceptors (Lipinski definition) is 6. The van der Waals surface area contributed by atoms with Crippen LogP contribution in [-0.2, 0) is 10.2 Å². The second-order valence-corrected chi connectivity index (χ2v) is 9.86. The Morgan fingerprint density at radius 2 is 2.06 bits per heavy atom. The van der Waals surface area contributed by atoms with Crippen molar-refractivity contribution in [3.63, 3.8) is 0 Å². The van der Waals surface area contributed by atoms with Gasteiger partial charge in [-0.3, -0.25) is 9.78 Å². The Morgan fingerprint density at radius 3 is 2.72 bits per heavy atom. The summed E-state index contributed by atoms with van der Waals surface area (Å²) in [5.74, 6) is -0.178. The summed E-state index contributed by atoms with van der Waals surface area (Å²) in [4.78, 5) is 19.2. The number of carbonyl (C=O) groups excluding carboxylic acids is 1. The summed E-state index contributed by atoms with van der Waals surface area (Å²) in [5, 5.41) is 24.4. The lowest BCUT2D eigenvalue weighted by Gasteiger charge is -2.36. The molecule has 2 aromatic rings. The average Bonchev–Trinajstić information content (AvgIpc) is 2.88. The number of nitrogens with one attached hydrogen (secondary N) is 3. The molecule has 1 aromatic carbocycles. The average molecular weight is 485 g/mol. The lowest BCUT2D eigenvalue weighted by atomic mass is 9.90. The van der Waals surface area contributed by atoms with E-state index in [0.717, 1.165) is 48.2 Å². The van der Waals surface area contributed by atoms with Gasteiger partial charge in [0, 0.05) is 48.3 Å². The van der Waals surface area contributed by atoms with Crippen LogP contribution in [0.5, 0.6) is 0 Å². The van der Waals surface area contributed by atoms with Crippen LogP contribution in [0.2, 0.25) is 0 Å². The monoisotopic (exact) mass is 484 g/mol. The molecule has 3 rings (SSSR count). The van der Waals surface area contributed by atoms with Gasteiger partial charge in [-0.1, -0.05) is 12.6 Å². The van der Waals surface area contributed by atoms with Crippen LogP contribution in [0.1, 0.15) is 62.4 Å². The number of carbonyl (C=O) groups is 1. The number of likely N-dealkylation sites (tertiary alicyclic amines) is 1. The Labute approximate surface area is 214 Å². The van der Waals surface area contributed by atoms with E-state index >= 15 is 0 Å². The molecule has 3 N–H and O–H groups in total. The van der Waals surface area contributed by atoms with Gasteiger partial charge in [-0.05, 0) is 82.9 Å². The highest BCUT2D eigenvalue weighted by Gasteiger charge is 2.25. The number of rotatable bonds is 8. The first-order valence-corrected chi connectivity index (χ1v) is 12.3. The number of likely N-dealkylation sites (N-methyl/N-ethyl adjacent to an activating group) is 1. The van der Waals surface area contributed by atoms with Gasteiger partial charge >= 0.3 is 0 Å². The third-order valence-electron chi connectivity index (χ3n) is 6.70. The van der Waals surface area contributed by atoms with Gasteiger partial charge in [-0.15, -0.1) is 0 Å². The number of allylic oxidation sites excluding steroid dienone is 1. The second kappa shape index (κ2) is 11.2. The molecule has 1 amide bonds. The molecule has 2 heterocycles. The first-order valence-electron chi connectivity index (χ1n) is 12.3. The molecule has 1 fully saturated rings. The van der Waals surface area contributed by atoms with Gasteiger partial charge in [0.15, 0.2) is 0 Å². The van der Waals surface area contributed by atoms with Crippen molar-refractivity contribution in [2.45, 2.75) is 58.4 Å². The molecule has 0 aliphatic carbocycles. The number of aryl methyl sites for hydroxylation is 1. The van der Waals surface area contributed by atoms with Crippen LogP contribution in [0.3, 0.4) is 0 Å². The van der Waals surface area contributed by atoms with Crippen molar-refractivity contribution in [3.05, 3.63) is 77.3 Å². The van der Waals surface area contributed by atoms with Crippen LogP contribution in [0.4, 0.5) is 5.69 Å². The molecule has 0 radical (unpaired) electrons. The largest absolute Gasteiger partial charge is 0.364 e. The van der Waals surface area contributed by atoms with Crippen LogP contribution in [-0.4, -0.2) is 41.1 Å². The molecular formula is C29H36N6O. The molecule has 36 heavy (non-hydrogen) atoms. The predicted octanol–water partition coefficient (Wildman–Crippen LogP) is 5.15. The topological polar surface area (TPSA) is 105 Å². The Morgan fingerprint density at radius 1 is 1.31 bits per heavy atom. The zero-order valence-corrected chi connectivity index (χ0v) is 21.9. The molecule has 1 aliphatic heterocycles. The van der Waals surface area contributed by atoms with E-state index in [1.807, 2.05) is 51.1 Å². The summed E-state index contributed by atoms with van der Waals surface area (Å²) < 4.78 is 0. The zero-order chi connectivity index (χ0) is 26.5. The fraction of sp³-hybridized carbons (Fsp3) is 0.379. The fourth-order valence-corrected chi connectivity index (χ4v) is 4.33. The van der Waals surface area contributed by atoms with Crippen LogP contribution >= 0.6 is 0 Å². The molecule has 7 nitrogen and oxygen atoms in total. The van der Waals surface area contributed by atoms with Crippen LogP contribution in [0, 0.1) is 23.7 Å². The predicted molar refractivity (Wildman–Crippen MR) is 146 cm³/mol. The van der Waals surface area contributed by atoms with Gasteiger partial charge in [0.2, 0.25) is 0 Å². The maximum absolute atomic E-state index is 12.7. The number of anilines is 1. The van der Waals surface area contributed by atoms with Crippen molar-refractivity contribution in [1.29, 1.82) is 10.7 Å². The molecule has 1 unspecified atom stereocenters. The quantitative estimate of drug-likeness (QED) is 0.355. The number of hydrogen-bond donors (Lipinski definition) is 3. The maximum atomic E-state index is 12.7. The van der Waals surface area contributed by atoms with E-state index in [2.05, 4.69) is 40.1 Å². The van der Waals surface area contributed by atoms with Gasteiger partial charge in [0.25, 0.3) is 5.91 Å². The summed E-state index contributed by atoms with van der Waals surface area (Å²) in [6.07, 6.45) is 6.58. The minimum absolute atomic E-state index is 0.178. The highest BCUT2D eigenvalue weighted by molar-refractivity contribution is 6.12. The van der Waals surface area contributed by atoms with Gasteiger partial charge in [0.05, 0.1) is 22.9 Å². The summed E-state index contributed by atoms with van der Waals surface area (Å²) in [7, 11) is 1.62. The summed E-state index contributed by atoms with van der Waals surface area (Å²) in [6.45, 7) is 12.7. The first-order chi connectivity index (χ1) is 17.1. The van der Waals surface area contributed by atoms with Crippen LogP contribution < -0.4 is 10.6 Å². The minimum atomic E-state index is -0.705. The Balaban J connectivity index is 1.88. The number of nitriles is 1. The Hall–Kier alpha value is -3.92. The van der Waals surface area contributed by atoms with Gasteiger partial charge in [-0.2, -0.15) is 5.26 Å². The van der Waals surface area contributed by atoms with E-state index in [1.54, 1.807) is 19.3 Å². The number of aromatic nitrogens is 1. The zero-order valence-electron chi connectivity index (χ0n) is 21.9. The third kappa shape index (κ3) is 6.01.